The van der Waals surface area contributed by atoms with Crippen LogP contribution in [0.5, 0.6) is 0 Å². The second kappa shape index (κ2) is 16.0. The fourth-order valence-corrected chi connectivity index (χ4v) is 19.3. The lowest BCUT2D eigenvalue weighted by Crippen LogP contribution is -2.56. The molecule has 2 atom stereocenters. The van der Waals surface area contributed by atoms with E-state index < -0.39 is 24.7 Å². The van der Waals surface area contributed by atoms with Gasteiger partial charge in [-0.1, -0.05) is 135 Å². The van der Waals surface area contributed by atoms with Gasteiger partial charge >= 0.3 is 0 Å². The molecule has 0 heterocycles. The Morgan fingerprint density at radius 1 is 0.500 bits per heavy atom. The quantitative estimate of drug-likeness (QED) is 0.0586. The van der Waals surface area contributed by atoms with Crippen LogP contribution < -0.4 is 10.4 Å². The molecule has 0 fully saturated rings. The van der Waals surface area contributed by atoms with Crippen molar-refractivity contribution in [2.75, 3.05) is 0 Å². The zero-order valence-corrected chi connectivity index (χ0v) is 38.0. The monoisotopic (exact) mass is 815 g/mol. The third-order valence-corrected chi connectivity index (χ3v) is 23.0. The molecule has 0 aromatic heterocycles. The number of nitrogens with zero attached hydrogens (tertiary/aromatic N) is 3. The second-order valence-corrected chi connectivity index (χ2v) is 28.4. The van der Waals surface area contributed by atoms with Crippen molar-refractivity contribution < 1.29 is 9.05 Å². The second-order valence-electron chi connectivity index (χ2n) is 17.8. The minimum Gasteiger partial charge on any atom is -0.322 e. The average Bonchev–Trinajstić information content (AvgIpc) is 3.21. The van der Waals surface area contributed by atoms with Gasteiger partial charge in [0.25, 0.3) is 8.53 Å². The Kier molecular flexibility index (Phi) is 11.1. The van der Waals surface area contributed by atoms with Crippen LogP contribution in [0.1, 0.15) is 53.4 Å². The van der Waals surface area contributed by atoms with Crippen LogP contribution in [0.3, 0.4) is 0 Å². The van der Waals surface area contributed by atoms with Crippen LogP contribution in [0.4, 0.5) is 0 Å². The van der Waals surface area contributed by atoms with Gasteiger partial charge in [0.2, 0.25) is 0 Å². The van der Waals surface area contributed by atoms with Crippen molar-refractivity contribution in [2.24, 2.45) is 0 Å². The minimum atomic E-state index is -2.48. The molecule has 5 nitrogen and oxygen atoms in total. The molecule has 8 rings (SSSR count). The first-order chi connectivity index (χ1) is 27.9. The molecule has 2 unspecified atom stereocenters. The van der Waals surface area contributed by atoms with E-state index in [0.29, 0.717) is 25.7 Å². The van der Waals surface area contributed by atoms with Gasteiger partial charge in [0.1, 0.15) is 16.1 Å². The van der Waals surface area contributed by atoms with Gasteiger partial charge in [0.15, 0.2) is 0 Å². The van der Waals surface area contributed by atoms with Crippen LogP contribution in [0.15, 0.2) is 109 Å². The largest absolute Gasteiger partial charge is 0.322 e. The Labute approximate surface area is 346 Å². The van der Waals surface area contributed by atoms with Crippen molar-refractivity contribution in [3.63, 3.8) is 0 Å². The summed E-state index contributed by atoms with van der Waals surface area (Å²) in [5, 5.41) is 38.1. The van der Waals surface area contributed by atoms with E-state index in [9.17, 15) is 10.5 Å². The summed E-state index contributed by atoms with van der Waals surface area (Å²) >= 11 is 0. The summed E-state index contributed by atoms with van der Waals surface area (Å²) in [7, 11) is -6.57. The van der Waals surface area contributed by atoms with E-state index in [4.69, 9.17) is 9.05 Å². The number of hydrogen-bond donors (Lipinski definition) is 0. The number of benzene rings is 8. The van der Waals surface area contributed by atoms with E-state index in [1.807, 2.05) is 0 Å². The average molecular weight is 816 g/mol. The first kappa shape index (κ1) is 40.3. The lowest BCUT2D eigenvalue weighted by atomic mass is 9.94. The zero-order valence-electron chi connectivity index (χ0n) is 35.1. The molecule has 0 amide bonds. The van der Waals surface area contributed by atoms with Crippen molar-refractivity contribution in [2.45, 2.75) is 103 Å². The molecule has 294 valence electrons. The smallest absolute Gasteiger partial charge is 0.259 e. The lowest BCUT2D eigenvalue weighted by molar-refractivity contribution is 0.141. The maximum Gasteiger partial charge on any atom is 0.259 e. The third kappa shape index (κ3) is 6.97. The van der Waals surface area contributed by atoms with Crippen LogP contribution in [0.25, 0.3) is 64.6 Å². The standard InChI is InChI=1S/C50H54N3O2PSi2/c1-33(2)53(34(3)4)56(54-45(17-11-31-51)57(5,6)43-29-25-39-21-19-35-13-9-15-37-23-27-41(43)49(39)47(35)37)55-46(18-12-32-52)58(7,8)44-30-26-40-22-20-36-14-10-16-38-24-28-42(44)50(40)48(36)38/h9-10,13-16,19-30,33-34,45-46H,11-12,17-18H2,1-8H3. The normalized spacial score (nSPS) is 14.5. The van der Waals surface area contributed by atoms with Gasteiger partial charge in [-0.05, 0) is 116 Å². The number of rotatable bonds is 15. The summed E-state index contributed by atoms with van der Waals surface area (Å²) < 4.78 is 17.6. The molecule has 8 heteroatoms. The first-order valence-corrected chi connectivity index (χ1v) is 28.1. The molecule has 8 aromatic carbocycles. The first-order valence-electron chi connectivity index (χ1n) is 20.9. The summed E-state index contributed by atoms with van der Waals surface area (Å²) in [5.41, 5.74) is -0.375. The van der Waals surface area contributed by atoms with Gasteiger partial charge in [0.05, 0.1) is 23.6 Å². The molecule has 0 saturated carbocycles. The minimum absolute atomic E-state index is 0.151. The Morgan fingerprint density at radius 3 is 1.17 bits per heavy atom. The van der Waals surface area contributed by atoms with Crippen LogP contribution in [0.2, 0.25) is 26.2 Å². The Hall–Kier alpha value is -4.44. The summed E-state index contributed by atoms with van der Waals surface area (Å²) in [4.78, 5) is 0. The third-order valence-electron chi connectivity index (χ3n) is 12.8. The van der Waals surface area contributed by atoms with E-state index in [0.717, 1.165) is 0 Å². The molecular formula is C50H54N3O2PSi2. The van der Waals surface area contributed by atoms with Crippen LogP contribution in [-0.2, 0) is 9.05 Å². The Bertz CT molecular complexity index is 2620. The molecule has 8 aromatic rings. The van der Waals surface area contributed by atoms with Gasteiger partial charge < -0.3 is 9.05 Å². The predicted octanol–water partition coefficient (Wildman–Crippen LogP) is 12.8. The van der Waals surface area contributed by atoms with Gasteiger partial charge in [-0.3, -0.25) is 0 Å². The van der Waals surface area contributed by atoms with Gasteiger partial charge in [-0.2, -0.15) is 10.5 Å². The van der Waals surface area contributed by atoms with Crippen molar-refractivity contribution in [3.8, 4) is 12.1 Å². The highest BCUT2D eigenvalue weighted by atomic mass is 31.2. The van der Waals surface area contributed by atoms with Crippen LogP contribution in [-0.4, -0.2) is 44.4 Å². The number of hydrogen-bond acceptors (Lipinski definition) is 5. The van der Waals surface area contributed by atoms with Gasteiger partial charge in [-0.15, -0.1) is 0 Å². The van der Waals surface area contributed by atoms with Crippen molar-refractivity contribution in [1.82, 2.24) is 4.67 Å². The molecule has 58 heavy (non-hydrogen) atoms. The fraction of sp³-hybridized carbons (Fsp3) is 0.320. The molecular weight excluding hydrogens is 762 g/mol. The summed E-state index contributed by atoms with van der Waals surface area (Å²) in [5.74, 6) is 0. The van der Waals surface area contributed by atoms with Crippen LogP contribution >= 0.6 is 8.53 Å². The molecule has 0 saturated heterocycles. The van der Waals surface area contributed by atoms with Gasteiger partial charge in [0, 0.05) is 24.9 Å². The SMILES string of the molecule is CC(C)N(C(C)C)P(OC(CCC#N)[Si](C)(C)c1ccc2ccc3cccc4ccc1c2c34)OC(CCC#N)[Si](C)(C)c1ccc2ccc3cccc4ccc1c2c34. The maximum atomic E-state index is 10.0. The zero-order chi connectivity index (χ0) is 40.9. The highest BCUT2D eigenvalue weighted by Crippen LogP contribution is 2.51. The van der Waals surface area contributed by atoms with Crippen molar-refractivity contribution >= 4 is 99.7 Å². The van der Waals surface area contributed by atoms with Crippen molar-refractivity contribution in [1.29, 1.82) is 10.5 Å². The molecule has 0 aliphatic rings. The molecule has 0 spiro atoms. The molecule has 0 aliphatic heterocycles. The Morgan fingerprint density at radius 2 is 0.828 bits per heavy atom. The van der Waals surface area contributed by atoms with Gasteiger partial charge in [-0.25, -0.2) is 4.67 Å². The number of nitriles is 2. The summed E-state index contributed by atoms with van der Waals surface area (Å²) in [6.45, 7) is 18.6. The summed E-state index contributed by atoms with van der Waals surface area (Å²) in [6, 6.07) is 45.7. The van der Waals surface area contributed by atoms with E-state index in [1.54, 1.807) is 0 Å². The van der Waals surface area contributed by atoms with Crippen LogP contribution in [0, 0.1) is 22.7 Å². The maximum absolute atomic E-state index is 10.0. The molecule has 0 bridgehead atoms. The predicted molar refractivity (Wildman–Crippen MR) is 253 cm³/mol. The Balaban J connectivity index is 1.23. The fourth-order valence-electron chi connectivity index (χ4n) is 9.75. The molecule has 0 radical (unpaired) electrons. The highest BCUT2D eigenvalue weighted by Gasteiger charge is 2.44. The molecule has 0 aliphatic carbocycles. The van der Waals surface area contributed by atoms with Crippen molar-refractivity contribution in [3.05, 3.63) is 109 Å². The lowest BCUT2D eigenvalue weighted by Gasteiger charge is -2.44. The molecule has 0 N–H and O–H groups in total. The van der Waals surface area contributed by atoms with E-state index >= 15 is 0 Å². The highest BCUT2D eigenvalue weighted by molar-refractivity contribution is 7.45. The topological polar surface area (TPSA) is 69.3 Å². The summed E-state index contributed by atoms with van der Waals surface area (Å²) in [6.07, 6.45) is 2.06. The van der Waals surface area contributed by atoms with E-state index in [-0.39, 0.29) is 23.5 Å². The van der Waals surface area contributed by atoms with E-state index in [1.165, 1.54) is 75.0 Å². The van der Waals surface area contributed by atoms with E-state index in [2.05, 4.69) is 180 Å².